The second-order valence-corrected chi connectivity index (χ2v) is 7.23. The molecule has 0 aliphatic carbocycles. The van der Waals surface area contributed by atoms with Crippen molar-refractivity contribution in [1.29, 1.82) is 0 Å². The summed E-state index contributed by atoms with van der Waals surface area (Å²) in [4.78, 5) is 27.2. The number of carbonyl (C=O) groups excluding carboxylic acids is 2. The van der Waals surface area contributed by atoms with Crippen molar-refractivity contribution in [3.05, 3.63) is 84.3 Å². The molecule has 0 bridgehead atoms. The van der Waals surface area contributed by atoms with Crippen molar-refractivity contribution >= 4 is 23.2 Å². The van der Waals surface area contributed by atoms with Crippen LogP contribution in [0.25, 0.3) is 0 Å². The number of anilines is 2. The van der Waals surface area contributed by atoms with Gasteiger partial charge in [-0.3, -0.25) is 9.59 Å². The Morgan fingerprint density at radius 3 is 2.66 bits per heavy atom. The Morgan fingerprint density at radius 1 is 1.14 bits per heavy atom. The number of hydrogen-bond acceptors (Lipinski definition) is 3. The van der Waals surface area contributed by atoms with Gasteiger partial charge in [-0.15, -0.1) is 0 Å². The van der Waals surface area contributed by atoms with Gasteiger partial charge in [0.25, 0.3) is 5.91 Å². The van der Waals surface area contributed by atoms with Crippen molar-refractivity contribution in [2.24, 2.45) is 0 Å². The van der Waals surface area contributed by atoms with Gasteiger partial charge in [-0.1, -0.05) is 42.5 Å². The van der Waals surface area contributed by atoms with Crippen molar-refractivity contribution in [3.8, 4) is 0 Å². The van der Waals surface area contributed by atoms with Gasteiger partial charge in [-0.05, 0) is 31.2 Å². The zero-order valence-electron chi connectivity index (χ0n) is 16.2. The lowest BCUT2D eigenvalue weighted by atomic mass is 10.0. The Morgan fingerprint density at radius 2 is 1.90 bits per heavy atom. The molecular weight excluding hydrogens is 366 g/mol. The van der Waals surface area contributed by atoms with E-state index in [4.69, 9.17) is 4.42 Å². The van der Waals surface area contributed by atoms with Gasteiger partial charge < -0.3 is 20.0 Å². The van der Waals surface area contributed by atoms with Crippen LogP contribution < -0.4 is 15.5 Å². The lowest BCUT2D eigenvalue weighted by molar-refractivity contribution is -0.678. The smallest absolute Gasteiger partial charge is 0.282 e. The number of rotatable bonds is 5. The van der Waals surface area contributed by atoms with E-state index in [0.29, 0.717) is 5.69 Å². The van der Waals surface area contributed by atoms with Crippen LogP contribution in [-0.2, 0) is 9.59 Å². The molecule has 6 nitrogen and oxygen atoms in total. The van der Waals surface area contributed by atoms with Gasteiger partial charge in [0.2, 0.25) is 5.91 Å². The maximum Gasteiger partial charge on any atom is 0.282 e. The van der Waals surface area contributed by atoms with Crippen molar-refractivity contribution in [2.45, 2.75) is 25.4 Å². The van der Waals surface area contributed by atoms with Crippen LogP contribution in [0, 0.1) is 0 Å². The molecule has 2 aromatic carbocycles. The molecule has 148 valence electrons. The molecule has 29 heavy (non-hydrogen) atoms. The minimum atomic E-state index is -0.224. The molecule has 0 radical (unpaired) electrons. The highest BCUT2D eigenvalue weighted by molar-refractivity contribution is 6.04. The van der Waals surface area contributed by atoms with Gasteiger partial charge in [0, 0.05) is 18.0 Å². The summed E-state index contributed by atoms with van der Waals surface area (Å²) in [6.45, 7) is 2.13. The summed E-state index contributed by atoms with van der Waals surface area (Å²) in [7, 11) is 0. The van der Waals surface area contributed by atoms with Gasteiger partial charge in [0.1, 0.15) is 0 Å². The first-order valence-corrected chi connectivity index (χ1v) is 9.76. The normalized spacial score (nSPS) is 17.2. The number of amides is 2. The van der Waals surface area contributed by atoms with E-state index in [1.54, 1.807) is 11.2 Å². The fourth-order valence-electron chi connectivity index (χ4n) is 3.83. The van der Waals surface area contributed by atoms with Gasteiger partial charge in [0.15, 0.2) is 18.3 Å². The Bertz CT molecular complexity index is 986. The highest BCUT2D eigenvalue weighted by Crippen LogP contribution is 2.31. The molecule has 1 aromatic heterocycles. The quantitative estimate of drug-likeness (QED) is 0.703. The van der Waals surface area contributed by atoms with Gasteiger partial charge in [-0.25, -0.2) is 0 Å². The van der Waals surface area contributed by atoms with Crippen molar-refractivity contribution < 1.29 is 19.3 Å². The summed E-state index contributed by atoms with van der Waals surface area (Å²) in [6, 6.07) is 20.8. The highest BCUT2D eigenvalue weighted by atomic mass is 16.3. The van der Waals surface area contributed by atoms with E-state index in [9.17, 15) is 9.59 Å². The first-order valence-electron chi connectivity index (χ1n) is 9.76. The van der Waals surface area contributed by atoms with E-state index in [0.717, 1.165) is 17.0 Å². The highest BCUT2D eigenvalue weighted by Gasteiger charge is 2.31. The van der Waals surface area contributed by atoms with Gasteiger partial charge in [0.05, 0.1) is 17.6 Å². The summed E-state index contributed by atoms with van der Waals surface area (Å²) >= 11 is 0. The Kier molecular flexibility index (Phi) is 5.44. The molecule has 1 aliphatic rings. The predicted molar refractivity (Wildman–Crippen MR) is 110 cm³/mol. The van der Waals surface area contributed by atoms with Crippen LogP contribution in [0.4, 0.5) is 11.4 Å². The molecule has 6 heteroatoms. The molecule has 3 aromatic rings. The lowest BCUT2D eigenvalue weighted by Gasteiger charge is -2.27. The number of carbonyl (C=O) groups is 2. The number of benzene rings is 2. The molecule has 0 saturated carbocycles. The number of nitrogens with one attached hydrogen (secondary N) is 1. The minimum Gasteiger partial charge on any atom is -0.463 e. The van der Waals surface area contributed by atoms with E-state index < -0.39 is 0 Å². The fourth-order valence-corrected chi connectivity index (χ4v) is 3.83. The van der Waals surface area contributed by atoms with Crippen molar-refractivity contribution in [3.63, 3.8) is 0 Å². The summed E-state index contributed by atoms with van der Waals surface area (Å²) in [5.74, 6) is 0.668. The largest absolute Gasteiger partial charge is 0.463 e. The fraction of sp³-hybridized carbons (Fsp3) is 0.217. The van der Waals surface area contributed by atoms with E-state index in [2.05, 4.69) is 5.32 Å². The molecule has 0 fully saturated rings. The maximum absolute atomic E-state index is 13.3. The zero-order valence-corrected chi connectivity index (χ0v) is 16.2. The molecule has 3 N–H and O–H groups in total. The third-order valence-corrected chi connectivity index (χ3v) is 5.16. The summed E-state index contributed by atoms with van der Waals surface area (Å²) < 4.78 is 5.63. The molecule has 0 spiro atoms. The number of nitrogens with zero attached hydrogens (tertiary/aromatic N) is 1. The molecule has 2 atom stereocenters. The van der Waals surface area contributed by atoms with Crippen LogP contribution in [0.5, 0.6) is 0 Å². The molecular formula is C23H24N3O3+. The van der Waals surface area contributed by atoms with Crippen molar-refractivity contribution in [2.75, 3.05) is 16.8 Å². The van der Waals surface area contributed by atoms with Crippen LogP contribution in [0.3, 0.4) is 0 Å². The first-order chi connectivity index (χ1) is 14.1. The number of quaternary nitrogens is 1. The Labute approximate surface area is 169 Å². The number of furan rings is 1. The van der Waals surface area contributed by atoms with Crippen LogP contribution in [0.15, 0.2) is 77.4 Å². The summed E-state index contributed by atoms with van der Waals surface area (Å²) in [5, 5.41) is 4.87. The van der Waals surface area contributed by atoms with Crippen molar-refractivity contribution in [1.82, 2.24) is 0 Å². The van der Waals surface area contributed by atoms with Gasteiger partial charge >= 0.3 is 0 Å². The van der Waals surface area contributed by atoms with E-state index in [1.807, 2.05) is 79.0 Å². The average Bonchev–Trinajstić information content (AvgIpc) is 3.20. The molecule has 1 aliphatic heterocycles. The maximum atomic E-state index is 13.3. The van der Waals surface area contributed by atoms with E-state index in [1.165, 1.54) is 0 Å². The van der Waals surface area contributed by atoms with E-state index >= 15 is 0 Å². The number of hydrogen-bond donors (Lipinski definition) is 2. The topological polar surface area (TPSA) is 79.2 Å². The summed E-state index contributed by atoms with van der Waals surface area (Å²) in [6.07, 6.45) is 1.91. The second-order valence-electron chi connectivity index (χ2n) is 7.23. The predicted octanol–water partition coefficient (Wildman–Crippen LogP) is 2.70. The number of para-hydroxylation sites is 2. The molecule has 4 rings (SSSR count). The van der Waals surface area contributed by atoms with Crippen LogP contribution in [0.2, 0.25) is 0 Å². The van der Waals surface area contributed by atoms with E-state index in [-0.39, 0.29) is 36.9 Å². The molecule has 2 amide bonds. The lowest BCUT2D eigenvalue weighted by Crippen LogP contribution is -2.88. The van der Waals surface area contributed by atoms with Crippen LogP contribution >= 0.6 is 0 Å². The first kappa shape index (κ1) is 19.0. The number of nitrogens with two attached hydrogens (primary N) is 1. The third-order valence-electron chi connectivity index (χ3n) is 5.16. The average molecular weight is 390 g/mol. The zero-order chi connectivity index (χ0) is 20.2. The number of fused-ring (bicyclic) bond motifs is 1. The van der Waals surface area contributed by atoms with Crippen LogP contribution in [0.1, 0.15) is 30.7 Å². The Balaban J connectivity index is 1.57. The molecule has 2 heterocycles. The third kappa shape index (κ3) is 4.07. The standard InChI is InChI=1S/C23H23N3O3/c1-16-14-21(27)25-18-10-5-6-11-19(18)26(16)22(28)15-24-23(20-12-7-13-29-20)17-8-3-2-4-9-17/h2-13,16,23-24H,14-15H2,1H3,(H,25,27)/p+1/t16-,23+/m0/s1. The molecule has 0 saturated heterocycles. The SMILES string of the molecule is C[C@H]1CC(=O)Nc2ccccc2N1C(=O)C[NH2+][C@H](c1ccccc1)c1ccco1. The molecule has 0 unspecified atom stereocenters. The Hall–Kier alpha value is -3.38. The second kappa shape index (κ2) is 8.32. The minimum absolute atomic E-state index is 0.0473. The van der Waals surface area contributed by atoms with Gasteiger partial charge in [-0.2, -0.15) is 0 Å². The van der Waals surface area contributed by atoms with Crippen LogP contribution in [-0.4, -0.2) is 24.4 Å². The summed E-state index contributed by atoms with van der Waals surface area (Å²) in [5.41, 5.74) is 2.47. The monoisotopic (exact) mass is 390 g/mol.